The summed E-state index contributed by atoms with van der Waals surface area (Å²) in [7, 11) is 0. The zero-order chi connectivity index (χ0) is 20.7. The number of halogens is 1. The van der Waals surface area contributed by atoms with Gasteiger partial charge < -0.3 is 4.90 Å². The largest absolute Gasteiger partial charge is 0.333 e. The van der Waals surface area contributed by atoms with Gasteiger partial charge in [0.1, 0.15) is 10.6 Å². The van der Waals surface area contributed by atoms with Crippen LogP contribution in [-0.2, 0) is 19.5 Å². The molecule has 0 aliphatic carbocycles. The van der Waals surface area contributed by atoms with Gasteiger partial charge in [0.15, 0.2) is 0 Å². The van der Waals surface area contributed by atoms with Crippen molar-refractivity contribution in [3.63, 3.8) is 0 Å². The average molecular weight is 419 g/mol. The first kappa shape index (κ1) is 18.7. The van der Waals surface area contributed by atoms with Gasteiger partial charge in [0.2, 0.25) is 0 Å². The number of rotatable bonds is 3. The average Bonchev–Trinajstić information content (AvgIpc) is 3.15. The van der Waals surface area contributed by atoms with E-state index in [1.54, 1.807) is 23.0 Å². The van der Waals surface area contributed by atoms with Crippen LogP contribution in [0.25, 0.3) is 10.2 Å². The zero-order valence-electron chi connectivity index (χ0n) is 16.0. The van der Waals surface area contributed by atoms with Crippen LogP contribution >= 0.6 is 11.3 Å². The molecule has 1 amide bonds. The van der Waals surface area contributed by atoms with Crippen molar-refractivity contribution in [3.05, 3.63) is 98.7 Å². The van der Waals surface area contributed by atoms with Crippen molar-refractivity contribution in [2.24, 2.45) is 0 Å². The van der Waals surface area contributed by atoms with Crippen LogP contribution in [0.3, 0.4) is 0 Å². The maximum absolute atomic E-state index is 13.1. The molecule has 0 unspecified atom stereocenters. The van der Waals surface area contributed by atoms with Gasteiger partial charge in [-0.1, -0.05) is 30.3 Å². The molecule has 0 fully saturated rings. The summed E-state index contributed by atoms with van der Waals surface area (Å²) in [5.41, 5.74) is 2.41. The normalized spacial score (nSPS) is 13.4. The van der Waals surface area contributed by atoms with Crippen LogP contribution in [0, 0.1) is 5.82 Å². The van der Waals surface area contributed by atoms with Gasteiger partial charge in [-0.15, -0.1) is 11.3 Å². The van der Waals surface area contributed by atoms with Gasteiger partial charge in [0.05, 0.1) is 24.8 Å². The summed E-state index contributed by atoms with van der Waals surface area (Å²) in [6, 6.07) is 15.3. The van der Waals surface area contributed by atoms with E-state index >= 15 is 0 Å². The quantitative estimate of drug-likeness (QED) is 0.507. The van der Waals surface area contributed by atoms with E-state index in [0.29, 0.717) is 41.8 Å². The third-order valence-corrected chi connectivity index (χ3v) is 6.53. The Morgan fingerprint density at radius 2 is 1.87 bits per heavy atom. The number of hydrogen-bond acceptors (Lipinski definition) is 4. The lowest BCUT2D eigenvalue weighted by molar-refractivity contribution is 0.0737. The Kier molecular flexibility index (Phi) is 4.67. The van der Waals surface area contributed by atoms with Crippen LogP contribution in [0.4, 0.5) is 4.39 Å². The van der Waals surface area contributed by atoms with Crippen LogP contribution in [0.5, 0.6) is 0 Å². The Bertz CT molecular complexity index is 1300. The second-order valence-electron chi connectivity index (χ2n) is 7.33. The van der Waals surface area contributed by atoms with Crippen LogP contribution in [0.2, 0.25) is 0 Å². The molecular formula is C23H18FN3O2S. The first-order valence-electron chi connectivity index (χ1n) is 9.68. The molecule has 150 valence electrons. The maximum Gasteiger partial charge on any atom is 0.262 e. The molecule has 2 aromatic carbocycles. The molecule has 4 aromatic rings. The summed E-state index contributed by atoms with van der Waals surface area (Å²) in [6.45, 7) is 1.39. The number of aromatic nitrogens is 2. The molecule has 0 radical (unpaired) electrons. The lowest BCUT2D eigenvalue weighted by atomic mass is 10.0. The van der Waals surface area contributed by atoms with Crippen LogP contribution < -0.4 is 5.56 Å². The number of benzene rings is 2. The van der Waals surface area contributed by atoms with Crippen LogP contribution in [-0.4, -0.2) is 26.9 Å². The van der Waals surface area contributed by atoms with E-state index in [9.17, 15) is 14.0 Å². The van der Waals surface area contributed by atoms with Gasteiger partial charge in [-0.25, -0.2) is 9.37 Å². The van der Waals surface area contributed by atoms with Gasteiger partial charge in [0, 0.05) is 17.0 Å². The van der Waals surface area contributed by atoms with E-state index in [0.717, 1.165) is 16.0 Å². The molecule has 0 atom stereocenters. The summed E-state index contributed by atoms with van der Waals surface area (Å²) in [5, 5.41) is 0.645. The highest BCUT2D eigenvalue weighted by molar-refractivity contribution is 7.18. The van der Waals surface area contributed by atoms with Gasteiger partial charge in [-0.3, -0.25) is 14.2 Å². The number of fused-ring (bicyclic) bond motifs is 3. The third kappa shape index (κ3) is 3.31. The first-order valence-corrected chi connectivity index (χ1v) is 10.5. The summed E-state index contributed by atoms with van der Waals surface area (Å²) in [4.78, 5) is 34.0. The Balaban J connectivity index is 1.46. The highest BCUT2D eigenvalue weighted by Crippen LogP contribution is 2.32. The summed E-state index contributed by atoms with van der Waals surface area (Å²) in [6.07, 6.45) is 2.17. The zero-order valence-corrected chi connectivity index (χ0v) is 16.9. The molecule has 30 heavy (non-hydrogen) atoms. The molecule has 0 bridgehead atoms. The highest BCUT2D eigenvalue weighted by Gasteiger charge is 2.26. The number of nitrogens with zero attached hydrogens (tertiary/aromatic N) is 3. The molecule has 5 rings (SSSR count). The van der Waals surface area contributed by atoms with Crippen LogP contribution in [0.15, 0.2) is 65.7 Å². The standard InChI is InChI=1S/C23H18FN3O2S/c24-17-8-6-15(7-9-17)12-27-14-25-21-20(23(27)29)18-10-11-26(13-19(18)30-21)22(28)16-4-2-1-3-5-16/h1-9,14H,10-13H2. The number of thiophene rings is 1. The number of carbonyl (C=O) groups excluding carboxylic acids is 1. The number of amides is 1. The minimum atomic E-state index is -0.304. The van der Waals surface area contributed by atoms with Gasteiger partial charge in [-0.05, 0) is 41.8 Å². The molecule has 0 spiro atoms. The van der Waals surface area contributed by atoms with Gasteiger partial charge in [0.25, 0.3) is 11.5 Å². The SMILES string of the molecule is O=C(c1ccccc1)N1CCc2c(sc3ncn(Cc4ccc(F)cc4)c(=O)c23)C1. The van der Waals surface area contributed by atoms with Crippen molar-refractivity contribution in [2.75, 3.05) is 6.54 Å². The van der Waals surface area contributed by atoms with Crippen molar-refractivity contribution >= 4 is 27.5 Å². The monoisotopic (exact) mass is 419 g/mol. The van der Waals surface area contributed by atoms with Crippen molar-refractivity contribution in [2.45, 2.75) is 19.5 Å². The Morgan fingerprint density at radius 3 is 2.63 bits per heavy atom. The molecule has 1 aliphatic rings. The molecular weight excluding hydrogens is 401 g/mol. The fraction of sp³-hybridized carbons (Fsp3) is 0.174. The van der Waals surface area contributed by atoms with Crippen molar-refractivity contribution in [1.29, 1.82) is 0 Å². The first-order chi connectivity index (χ1) is 14.6. The van der Waals surface area contributed by atoms with E-state index in [1.165, 1.54) is 23.5 Å². The third-order valence-electron chi connectivity index (χ3n) is 5.40. The minimum Gasteiger partial charge on any atom is -0.333 e. The minimum absolute atomic E-state index is 0.000357. The second-order valence-corrected chi connectivity index (χ2v) is 8.41. The number of carbonyl (C=O) groups is 1. The summed E-state index contributed by atoms with van der Waals surface area (Å²) < 4.78 is 14.7. The van der Waals surface area contributed by atoms with Crippen LogP contribution in [0.1, 0.15) is 26.4 Å². The lowest BCUT2D eigenvalue weighted by Gasteiger charge is -2.27. The molecule has 0 saturated carbocycles. The number of hydrogen-bond donors (Lipinski definition) is 0. The fourth-order valence-electron chi connectivity index (χ4n) is 3.85. The fourth-order valence-corrected chi connectivity index (χ4v) is 5.05. The Labute approximate surface area is 176 Å². The summed E-state index contributed by atoms with van der Waals surface area (Å²) >= 11 is 1.48. The topological polar surface area (TPSA) is 55.2 Å². The van der Waals surface area contributed by atoms with Gasteiger partial charge in [-0.2, -0.15) is 0 Å². The molecule has 3 heterocycles. The van der Waals surface area contributed by atoms with E-state index in [-0.39, 0.29) is 17.3 Å². The molecule has 7 heteroatoms. The van der Waals surface area contributed by atoms with E-state index in [1.807, 2.05) is 35.2 Å². The van der Waals surface area contributed by atoms with Crippen molar-refractivity contribution in [3.8, 4) is 0 Å². The highest BCUT2D eigenvalue weighted by atomic mass is 32.1. The van der Waals surface area contributed by atoms with E-state index < -0.39 is 0 Å². The Hall–Kier alpha value is -3.32. The Morgan fingerprint density at radius 1 is 1.10 bits per heavy atom. The predicted molar refractivity (Wildman–Crippen MR) is 114 cm³/mol. The molecule has 1 aliphatic heterocycles. The molecule has 5 nitrogen and oxygen atoms in total. The maximum atomic E-state index is 13.1. The molecule has 2 aromatic heterocycles. The molecule has 0 N–H and O–H groups in total. The van der Waals surface area contributed by atoms with E-state index in [2.05, 4.69) is 4.98 Å². The van der Waals surface area contributed by atoms with Gasteiger partial charge >= 0.3 is 0 Å². The second kappa shape index (κ2) is 7.50. The predicted octanol–water partition coefficient (Wildman–Crippen LogP) is 3.84. The van der Waals surface area contributed by atoms with Crippen molar-refractivity contribution < 1.29 is 9.18 Å². The van der Waals surface area contributed by atoms with Crippen molar-refractivity contribution in [1.82, 2.24) is 14.5 Å². The smallest absolute Gasteiger partial charge is 0.262 e. The lowest BCUT2D eigenvalue weighted by Crippen LogP contribution is -2.35. The van der Waals surface area contributed by atoms with E-state index in [4.69, 9.17) is 0 Å². The molecule has 0 saturated heterocycles. The summed E-state index contributed by atoms with van der Waals surface area (Å²) in [5.74, 6) is -0.304.